The predicted molar refractivity (Wildman–Crippen MR) is 55.7 cm³/mol. The summed E-state index contributed by atoms with van der Waals surface area (Å²) in [4.78, 5) is 0. The molecule has 2 aliphatic heterocycles. The zero-order chi connectivity index (χ0) is 6.81. The van der Waals surface area contributed by atoms with E-state index in [9.17, 15) is 0 Å². The molecule has 2 rings (SSSR count). The molecule has 2 heterocycles. The summed E-state index contributed by atoms with van der Waals surface area (Å²) < 4.78 is 2.86. The van der Waals surface area contributed by atoms with Crippen LogP contribution in [0.25, 0.3) is 0 Å². The third-order valence-corrected chi connectivity index (χ3v) is 5.76. The Labute approximate surface area is 93.0 Å². The van der Waals surface area contributed by atoms with Crippen LogP contribution in [0.3, 0.4) is 0 Å². The molecule has 0 bridgehead atoms. The number of hydrogen-bond donors (Lipinski definition) is 0. The fourth-order valence-corrected chi connectivity index (χ4v) is 4.64. The molecule has 0 aromatic carbocycles. The van der Waals surface area contributed by atoms with Gasteiger partial charge in [-0.3, -0.25) is 0 Å². The minimum atomic E-state index is 0. The minimum absolute atomic E-state index is 0. The third kappa shape index (κ3) is 2.53. The van der Waals surface area contributed by atoms with Gasteiger partial charge in [-0.2, -0.15) is 0 Å². The number of thioether (sulfide) groups is 4. The van der Waals surface area contributed by atoms with Crippen molar-refractivity contribution in [2.45, 2.75) is 0 Å². The average molecular weight is 263 g/mol. The molecule has 0 atom stereocenters. The second-order valence-corrected chi connectivity index (χ2v) is 5.77. The van der Waals surface area contributed by atoms with E-state index in [4.69, 9.17) is 0 Å². The fraction of sp³-hybridized carbons (Fsp3) is 0. The quantitative estimate of drug-likeness (QED) is 0.605. The van der Waals surface area contributed by atoms with Crippen molar-refractivity contribution in [3.63, 3.8) is 0 Å². The van der Waals surface area contributed by atoms with E-state index in [0.29, 0.717) is 0 Å². The Bertz CT molecular complexity index is 187. The molecule has 11 heavy (non-hydrogen) atoms. The van der Waals surface area contributed by atoms with Gasteiger partial charge in [0.25, 0.3) is 0 Å². The minimum Gasteiger partial charge on any atom is -0.0884 e. The Morgan fingerprint density at radius 1 is 0.636 bits per heavy atom. The molecule has 0 aromatic rings. The second kappa shape index (κ2) is 4.98. The standard InChI is InChI=1S/C6H4S4.Ni/c1-2-8-5(7-1)6-9-3-4-10-6;/h1-4H;. The smallest absolute Gasteiger partial charge is 0.0694 e. The van der Waals surface area contributed by atoms with Crippen LogP contribution in [0.2, 0.25) is 0 Å². The molecule has 0 fully saturated rings. The van der Waals surface area contributed by atoms with Crippen LogP contribution in [-0.2, 0) is 16.5 Å². The van der Waals surface area contributed by atoms with E-state index < -0.39 is 0 Å². The van der Waals surface area contributed by atoms with Crippen LogP contribution in [0.1, 0.15) is 0 Å². The van der Waals surface area contributed by atoms with Gasteiger partial charge in [0, 0.05) is 16.5 Å². The Hall–Kier alpha value is 1.11. The van der Waals surface area contributed by atoms with Crippen LogP contribution in [0.5, 0.6) is 0 Å². The Morgan fingerprint density at radius 2 is 0.909 bits per heavy atom. The van der Waals surface area contributed by atoms with Gasteiger partial charge < -0.3 is 0 Å². The van der Waals surface area contributed by atoms with Crippen molar-refractivity contribution < 1.29 is 16.5 Å². The van der Waals surface area contributed by atoms with Gasteiger partial charge in [0.1, 0.15) is 0 Å². The molecule has 0 radical (unpaired) electrons. The zero-order valence-electron chi connectivity index (χ0n) is 5.26. The van der Waals surface area contributed by atoms with Crippen molar-refractivity contribution in [2.24, 2.45) is 0 Å². The maximum Gasteiger partial charge on any atom is 0.0694 e. The van der Waals surface area contributed by atoms with Crippen molar-refractivity contribution in [3.8, 4) is 0 Å². The van der Waals surface area contributed by atoms with Gasteiger partial charge >= 0.3 is 0 Å². The normalized spacial score (nSPS) is 21.1. The van der Waals surface area contributed by atoms with Crippen LogP contribution in [-0.4, -0.2) is 0 Å². The molecular weight excluding hydrogens is 259 g/mol. The van der Waals surface area contributed by atoms with Crippen LogP contribution in [0.15, 0.2) is 30.1 Å². The van der Waals surface area contributed by atoms with Crippen LogP contribution in [0, 0.1) is 0 Å². The molecule has 0 nitrogen and oxygen atoms in total. The molecule has 0 spiro atoms. The van der Waals surface area contributed by atoms with E-state index in [1.807, 2.05) is 47.0 Å². The van der Waals surface area contributed by atoms with E-state index in [0.717, 1.165) is 0 Å². The maximum atomic E-state index is 2.13. The summed E-state index contributed by atoms with van der Waals surface area (Å²) in [6.07, 6.45) is 0. The van der Waals surface area contributed by atoms with Gasteiger partial charge in [-0.05, 0) is 21.6 Å². The summed E-state index contributed by atoms with van der Waals surface area (Å²) >= 11 is 7.28. The molecule has 5 heteroatoms. The van der Waals surface area contributed by atoms with E-state index >= 15 is 0 Å². The van der Waals surface area contributed by atoms with Crippen molar-refractivity contribution in [2.75, 3.05) is 0 Å². The topological polar surface area (TPSA) is 0 Å². The van der Waals surface area contributed by atoms with Gasteiger partial charge in [-0.25, -0.2) is 0 Å². The fourth-order valence-electron chi connectivity index (χ4n) is 0.606. The SMILES string of the molecule is C1=CSC(=C2SC=CS2)S1.[Ni]. The zero-order valence-corrected chi connectivity index (χ0v) is 9.51. The number of rotatable bonds is 0. The second-order valence-electron chi connectivity index (χ2n) is 1.59. The van der Waals surface area contributed by atoms with Crippen LogP contribution in [0.4, 0.5) is 0 Å². The summed E-state index contributed by atoms with van der Waals surface area (Å²) in [5.41, 5.74) is 0. The first-order valence-electron chi connectivity index (χ1n) is 2.68. The summed E-state index contributed by atoms with van der Waals surface area (Å²) in [5, 5.41) is 8.53. The van der Waals surface area contributed by atoms with Crippen molar-refractivity contribution in [1.29, 1.82) is 0 Å². The predicted octanol–water partition coefficient (Wildman–Crippen LogP) is 4.01. The molecule has 0 aromatic heterocycles. The monoisotopic (exact) mass is 262 g/mol. The molecule has 0 amide bonds. The summed E-state index contributed by atoms with van der Waals surface area (Å²) in [5.74, 6) is 0. The molecule has 0 aliphatic carbocycles. The van der Waals surface area contributed by atoms with Gasteiger partial charge in [0.15, 0.2) is 0 Å². The summed E-state index contributed by atoms with van der Waals surface area (Å²) in [6, 6.07) is 0. The molecule has 62 valence electrons. The first kappa shape index (κ1) is 10.2. The van der Waals surface area contributed by atoms with E-state index in [2.05, 4.69) is 21.6 Å². The van der Waals surface area contributed by atoms with E-state index in [-0.39, 0.29) is 16.5 Å². The Kier molecular flexibility index (Phi) is 4.61. The Morgan fingerprint density at radius 3 is 1.18 bits per heavy atom. The van der Waals surface area contributed by atoms with E-state index in [1.165, 1.54) is 8.47 Å². The molecule has 0 N–H and O–H groups in total. The van der Waals surface area contributed by atoms with Gasteiger partial charge in [-0.1, -0.05) is 47.0 Å². The average Bonchev–Trinajstić information content (AvgIpc) is 2.59. The van der Waals surface area contributed by atoms with Crippen LogP contribution < -0.4 is 0 Å². The van der Waals surface area contributed by atoms with Crippen molar-refractivity contribution >= 4 is 47.0 Å². The molecule has 2 aliphatic rings. The van der Waals surface area contributed by atoms with Crippen molar-refractivity contribution in [3.05, 3.63) is 30.1 Å². The van der Waals surface area contributed by atoms with E-state index in [1.54, 1.807) is 0 Å². The van der Waals surface area contributed by atoms with Crippen molar-refractivity contribution in [1.82, 2.24) is 0 Å². The van der Waals surface area contributed by atoms with Crippen LogP contribution >= 0.6 is 47.0 Å². The Balaban J connectivity index is 0.000000605. The molecule has 0 unspecified atom stereocenters. The number of hydrogen-bond acceptors (Lipinski definition) is 4. The van der Waals surface area contributed by atoms with Gasteiger partial charge in [-0.15, -0.1) is 0 Å². The molecular formula is C6H4NiS4. The van der Waals surface area contributed by atoms with Gasteiger partial charge in [0.05, 0.1) is 8.47 Å². The largest absolute Gasteiger partial charge is 0.0884 e. The summed E-state index contributed by atoms with van der Waals surface area (Å²) in [7, 11) is 0. The molecule has 0 saturated carbocycles. The summed E-state index contributed by atoms with van der Waals surface area (Å²) in [6.45, 7) is 0. The first-order chi connectivity index (χ1) is 4.97. The maximum absolute atomic E-state index is 2.13. The first-order valence-corrected chi connectivity index (χ1v) is 6.19. The third-order valence-electron chi connectivity index (χ3n) is 0.978. The van der Waals surface area contributed by atoms with Gasteiger partial charge in [0.2, 0.25) is 0 Å². The molecule has 0 saturated heterocycles.